The number of benzene rings is 1. The highest BCUT2D eigenvalue weighted by atomic mass is 16.5. The van der Waals surface area contributed by atoms with Crippen LogP contribution in [0.25, 0.3) is 11.0 Å². The van der Waals surface area contributed by atoms with Crippen molar-refractivity contribution >= 4 is 28.7 Å². The van der Waals surface area contributed by atoms with E-state index in [4.69, 9.17) is 10.5 Å². The molecule has 3 heterocycles. The van der Waals surface area contributed by atoms with Gasteiger partial charge in [-0.05, 0) is 75.8 Å². The van der Waals surface area contributed by atoms with Crippen molar-refractivity contribution in [2.45, 2.75) is 70.6 Å². The van der Waals surface area contributed by atoms with Crippen LogP contribution in [0.2, 0.25) is 0 Å². The summed E-state index contributed by atoms with van der Waals surface area (Å²) < 4.78 is 7.57. The Balaban J connectivity index is 1.12. The summed E-state index contributed by atoms with van der Waals surface area (Å²) in [6.07, 6.45) is 8.77. The minimum atomic E-state index is -0.717. The topological polar surface area (TPSA) is 143 Å². The Morgan fingerprint density at radius 1 is 1.22 bits per heavy atom. The molecule has 11 heteroatoms. The maximum absolute atomic E-state index is 13.1. The minimum Gasteiger partial charge on any atom is -0.496 e. The lowest BCUT2D eigenvalue weighted by molar-refractivity contribution is 0.0267. The van der Waals surface area contributed by atoms with Gasteiger partial charge in [-0.3, -0.25) is 9.48 Å². The van der Waals surface area contributed by atoms with Gasteiger partial charge < -0.3 is 31.1 Å². The first-order valence-corrected chi connectivity index (χ1v) is 14.8. The van der Waals surface area contributed by atoms with Crippen molar-refractivity contribution in [3.63, 3.8) is 0 Å². The molecule has 6 rings (SSSR count). The molecule has 1 saturated heterocycles. The molecule has 5 N–H and O–H groups in total. The molecule has 1 amide bonds. The van der Waals surface area contributed by atoms with Gasteiger partial charge in [-0.15, -0.1) is 0 Å². The van der Waals surface area contributed by atoms with Crippen LogP contribution in [0, 0.1) is 11.3 Å². The number of nitrogen functional groups attached to an aromatic ring is 1. The summed E-state index contributed by atoms with van der Waals surface area (Å²) in [5, 5.41) is 21.4. The summed E-state index contributed by atoms with van der Waals surface area (Å²) in [5.41, 5.74) is 8.90. The van der Waals surface area contributed by atoms with Gasteiger partial charge in [0.25, 0.3) is 5.91 Å². The fourth-order valence-electron chi connectivity index (χ4n) is 6.62. The number of aromatic nitrogens is 4. The molecule has 0 bridgehead atoms. The molecule has 2 aromatic heterocycles. The van der Waals surface area contributed by atoms with Gasteiger partial charge in [-0.2, -0.15) is 10.1 Å². The molecule has 0 atom stereocenters. The standard InChI is InChI=1S/C30H42N8O3/c1-29(2,40)18-37-10-6-22(7-11-37)34-27(39)20-4-5-21(24(12-20)41-3)17-38-25-23(16-33-38)35-28(31)36-26(25)32-15-19-13-30(14-19)8-9-30/h4-5,12,16,19,22,40H,6-11,13-15,17-18H2,1-3H3,(H,34,39)(H3,31,32,35,36). The minimum absolute atomic E-state index is 0.106. The lowest BCUT2D eigenvalue weighted by atomic mass is 9.72. The third-order valence-corrected chi connectivity index (χ3v) is 8.87. The number of piperidine rings is 1. The van der Waals surface area contributed by atoms with Crippen molar-refractivity contribution in [2.75, 3.05) is 44.3 Å². The van der Waals surface area contributed by atoms with Crippen molar-refractivity contribution in [3.05, 3.63) is 35.5 Å². The number of aliphatic hydroxyl groups is 1. The SMILES string of the molecule is COc1cc(C(=O)NC2CCN(CC(C)(C)O)CC2)ccc1Cn1ncc2nc(N)nc(NCC3CC4(CC4)C3)c21. The van der Waals surface area contributed by atoms with E-state index >= 15 is 0 Å². The molecule has 1 aliphatic heterocycles. The Hall–Kier alpha value is -3.44. The van der Waals surface area contributed by atoms with Gasteiger partial charge in [0.1, 0.15) is 16.8 Å². The van der Waals surface area contributed by atoms with Crippen molar-refractivity contribution in [3.8, 4) is 5.75 Å². The first-order valence-electron chi connectivity index (χ1n) is 14.8. The molecular weight excluding hydrogens is 520 g/mol. The van der Waals surface area contributed by atoms with E-state index in [9.17, 15) is 9.90 Å². The lowest BCUT2D eigenvalue weighted by Gasteiger charge is -2.36. The highest BCUT2D eigenvalue weighted by Gasteiger charge is 2.52. The zero-order chi connectivity index (χ0) is 28.8. The van der Waals surface area contributed by atoms with Crippen LogP contribution in [-0.4, -0.2) is 80.6 Å². The normalized spacial score (nSPS) is 19.3. The summed E-state index contributed by atoms with van der Waals surface area (Å²) in [6.45, 7) is 7.28. The quantitative estimate of drug-likeness (QED) is 0.293. The predicted octanol–water partition coefficient (Wildman–Crippen LogP) is 3.03. The van der Waals surface area contributed by atoms with E-state index < -0.39 is 5.60 Å². The molecule has 11 nitrogen and oxygen atoms in total. The van der Waals surface area contributed by atoms with E-state index in [0.717, 1.165) is 43.6 Å². The smallest absolute Gasteiger partial charge is 0.251 e. The molecule has 2 saturated carbocycles. The molecule has 3 aliphatic rings. The van der Waals surface area contributed by atoms with Crippen LogP contribution in [0.1, 0.15) is 68.3 Å². The van der Waals surface area contributed by atoms with Gasteiger partial charge in [0.15, 0.2) is 5.82 Å². The third-order valence-electron chi connectivity index (χ3n) is 8.87. The first-order chi connectivity index (χ1) is 19.6. The fourth-order valence-corrected chi connectivity index (χ4v) is 6.62. The summed E-state index contributed by atoms with van der Waals surface area (Å²) in [5.74, 6) is 2.10. The summed E-state index contributed by atoms with van der Waals surface area (Å²) in [7, 11) is 1.61. The number of hydrogen-bond donors (Lipinski definition) is 4. The van der Waals surface area contributed by atoms with Crippen LogP contribution < -0.4 is 21.1 Å². The Kier molecular flexibility index (Phi) is 7.27. The van der Waals surface area contributed by atoms with E-state index in [1.54, 1.807) is 19.4 Å². The van der Waals surface area contributed by atoms with E-state index in [1.165, 1.54) is 25.7 Å². The van der Waals surface area contributed by atoms with Gasteiger partial charge in [-0.1, -0.05) is 6.07 Å². The van der Waals surface area contributed by atoms with Crippen LogP contribution >= 0.6 is 0 Å². The number of carbonyl (C=O) groups excluding carboxylic acids is 1. The lowest BCUT2D eigenvalue weighted by Crippen LogP contribution is -2.48. The fraction of sp³-hybridized carbons (Fsp3) is 0.600. The number of ether oxygens (including phenoxy) is 1. The van der Waals surface area contributed by atoms with Gasteiger partial charge in [0.05, 0.1) is 25.5 Å². The molecule has 41 heavy (non-hydrogen) atoms. The molecule has 1 spiro atoms. The second-order valence-corrected chi connectivity index (χ2v) is 13.0. The van der Waals surface area contributed by atoms with Crippen LogP contribution in [0.4, 0.5) is 11.8 Å². The van der Waals surface area contributed by atoms with Crippen molar-refractivity contribution in [1.82, 2.24) is 30.0 Å². The number of likely N-dealkylation sites (tertiary alicyclic amines) is 1. The number of β-amino-alcohol motifs (C(OH)–C–C–N with tert-alkyl or cyclic N) is 1. The summed E-state index contributed by atoms with van der Waals surface area (Å²) >= 11 is 0. The van der Waals surface area contributed by atoms with Gasteiger partial charge in [0, 0.05) is 43.3 Å². The average molecular weight is 563 g/mol. The zero-order valence-corrected chi connectivity index (χ0v) is 24.3. The van der Waals surface area contributed by atoms with Gasteiger partial charge in [0.2, 0.25) is 5.95 Å². The van der Waals surface area contributed by atoms with E-state index in [2.05, 4.69) is 30.6 Å². The summed E-state index contributed by atoms with van der Waals surface area (Å²) in [4.78, 5) is 24.2. The monoisotopic (exact) mass is 562 g/mol. The molecule has 3 aromatic rings. The molecular formula is C30H42N8O3. The highest BCUT2D eigenvalue weighted by molar-refractivity contribution is 5.95. The Labute approximate surface area is 240 Å². The summed E-state index contributed by atoms with van der Waals surface area (Å²) in [6, 6.07) is 5.65. The number of anilines is 2. The number of hydrogen-bond acceptors (Lipinski definition) is 9. The van der Waals surface area contributed by atoms with Crippen LogP contribution in [0.15, 0.2) is 24.4 Å². The maximum atomic E-state index is 13.1. The molecule has 220 valence electrons. The number of rotatable bonds is 10. The number of nitrogens with two attached hydrogens (primary N) is 1. The number of methoxy groups -OCH3 is 1. The molecule has 0 radical (unpaired) electrons. The van der Waals surface area contributed by atoms with E-state index in [1.807, 2.05) is 30.7 Å². The van der Waals surface area contributed by atoms with Gasteiger partial charge in [-0.25, -0.2) is 4.98 Å². The number of fused-ring (bicyclic) bond motifs is 1. The Morgan fingerprint density at radius 3 is 2.66 bits per heavy atom. The number of nitrogens with one attached hydrogen (secondary N) is 2. The average Bonchev–Trinajstić information content (AvgIpc) is 3.61. The zero-order valence-electron chi connectivity index (χ0n) is 24.3. The van der Waals surface area contributed by atoms with Gasteiger partial charge >= 0.3 is 0 Å². The highest BCUT2D eigenvalue weighted by Crippen LogP contribution is 2.63. The van der Waals surface area contributed by atoms with Crippen LogP contribution in [0.3, 0.4) is 0 Å². The molecule has 3 fully saturated rings. The second-order valence-electron chi connectivity index (χ2n) is 13.0. The largest absolute Gasteiger partial charge is 0.496 e. The first kappa shape index (κ1) is 27.7. The van der Waals surface area contributed by atoms with Crippen LogP contribution in [-0.2, 0) is 6.54 Å². The number of carbonyl (C=O) groups is 1. The third kappa shape index (κ3) is 6.25. The maximum Gasteiger partial charge on any atom is 0.251 e. The second kappa shape index (κ2) is 10.8. The number of nitrogens with zero attached hydrogens (tertiary/aromatic N) is 5. The number of amides is 1. The Morgan fingerprint density at radius 2 is 1.98 bits per heavy atom. The molecule has 0 unspecified atom stereocenters. The molecule has 1 aromatic carbocycles. The van der Waals surface area contributed by atoms with E-state index in [0.29, 0.717) is 47.1 Å². The van der Waals surface area contributed by atoms with Crippen molar-refractivity contribution < 1.29 is 14.6 Å². The van der Waals surface area contributed by atoms with Crippen molar-refractivity contribution in [1.29, 1.82) is 0 Å². The predicted molar refractivity (Wildman–Crippen MR) is 158 cm³/mol. The van der Waals surface area contributed by atoms with Crippen LogP contribution in [0.5, 0.6) is 5.75 Å². The molecule has 2 aliphatic carbocycles. The van der Waals surface area contributed by atoms with Crippen molar-refractivity contribution in [2.24, 2.45) is 11.3 Å². The Bertz CT molecular complexity index is 1410. The van der Waals surface area contributed by atoms with E-state index in [-0.39, 0.29) is 17.9 Å².